The van der Waals surface area contributed by atoms with Crippen molar-refractivity contribution >= 4 is 22.0 Å². The van der Waals surface area contributed by atoms with Gasteiger partial charge in [-0.1, -0.05) is 0 Å². The van der Waals surface area contributed by atoms with Crippen LogP contribution in [0.25, 0.3) is 0 Å². The van der Waals surface area contributed by atoms with Crippen LogP contribution in [0.4, 0.5) is 4.79 Å². The second-order valence-electron chi connectivity index (χ2n) is 6.08. The van der Waals surface area contributed by atoms with Crippen molar-refractivity contribution < 1.29 is 18.0 Å². The minimum absolute atomic E-state index is 0.0209. The molecule has 0 aromatic carbocycles. The van der Waals surface area contributed by atoms with Crippen molar-refractivity contribution in [3.8, 4) is 0 Å². The molecule has 2 fully saturated rings. The van der Waals surface area contributed by atoms with E-state index in [2.05, 4.69) is 10.6 Å². The molecule has 2 rings (SSSR count). The van der Waals surface area contributed by atoms with Gasteiger partial charge in [-0.15, -0.1) is 0 Å². The summed E-state index contributed by atoms with van der Waals surface area (Å²) in [4.78, 5) is 25.2. The molecule has 1 heterocycles. The summed E-state index contributed by atoms with van der Waals surface area (Å²) in [6.07, 6.45) is 4.52. The van der Waals surface area contributed by atoms with Gasteiger partial charge in [-0.25, -0.2) is 17.5 Å². The van der Waals surface area contributed by atoms with E-state index in [-0.39, 0.29) is 24.5 Å². The Bertz CT molecular complexity index is 524. The van der Waals surface area contributed by atoms with Crippen molar-refractivity contribution in [3.63, 3.8) is 0 Å². The van der Waals surface area contributed by atoms with Crippen molar-refractivity contribution in [2.75, 3.05) is 32.9 Å². The highest BCUT2D eigenvalue weighted by Crippen LogP contribution is 2.18. The monoisotopic (exact) mass is 332 g/mol. The standard InChI is InChI=1S/C13H24N4O4S/c1-16(22(2,20)21)11-5-7-17(8-6-11)9-12(18)15-13(19)14-10-3-4-10/h10-11H,3-9H2,1-2H3,(H2,14,15,18,19). The maximum absolute atomic E-state index is 11.8. The van der Waals surface area contributed by atoms with Gasteiger partial charge < -0.3 is 5.32 Å². The lowest BCUT2D eigenvalue weighted by Gasteiger charge is -2.35. The van der Waals surface area contributed by atoms with Crippen LogP contribution in [0.5, 0.6) is 0 Å². The smallest absolute Gasteiger partial charge is 0.321 e. The van der Waals surface area contributed by atoms with Gasteiger partial charge in [0, 0.05) is 32.2 Å². The van der Waals surface area contributed by atoms with Crippen LogP contribution in [-0.2, 0) is 14.8 Å². The molecular weight excluding hydrogens is 308 g/mol. The van der Waals surface area contributed by atoms with Gasteiger partial charge >= 0.3 is 6.03 Å². The zero-order valence-electron chi connectivity index (χ0n) is 13.0. The Balaban J connectivity index is 1.70. The first-order valence-electron chi connectivity index (χ1n) is 7.51. The van der Waals surface area contributed by atoms with E-state index in [1.54, 1.807) is 7.05 Å². The molecule has 8 nitrogen and oxygen atoms in total. The van der Waals surface area contributed by atoms with Crippen LogP contribution in [0, 0.1) is 0 Å². The normalized spacial score (nSPS) is 20.9. The van der Waals surface area contributed by atoms with Crippen molar-refractivity contribution in [2.24, 2.45) is 0 Å². The first-order chi connectivity index (χ1) is 10.3. The number of hydrogen-bond acceptors (Lipinski definition) is 5. The Kier molecular flexibility index (Phi) is 5.41. The molecule has 0 radical (unpaired) electrons. The molecule has 22 heavy (non-hydrogen) atoms. The van der Waals surface area contributed by atoms with Crippen molar-refractivity contribution in [1.82, 2.24) is 19.8 Å². The summed E-state index contributed by atoms with van der Waals surface area (Å²) in [5, 5.41) is 5.02. The van der Waals surface area contributed by atoms with E-state index in [0.717, 1.165) is 12.8 Å². The van der Waals surface area contributed by atoms with Crippen LogP contribution < -0.4 is 10.6 Å². The highest BCUT2D eigenvalue weighted by atomic mass is 32.2. The lowest BCUT2D eigenvalue weighted by atomic mass is 10.1. The summed E-state index contributed by atoms with van der Waals surface area (Å²) < 4.78 is 24.4. The van der Waals surface area contributed by atoms with Crippen LogP contribution in [0.1, 0.15) is 25.7 Å². The Labute approximate surface area is 131 Å². The summed E-state index contributed by atoms with van der Waals surface area (Å²) in [6, 6.07) is -0.234. The molecule has 0 bridgehead atoms. The number of hydrogen-bond donors (Lipinski definition) is 2. The second-order valence-corrected chi connectivity index (χ2v) is 8.12. The average molecular weight is 332 g/mol. The van der Waals surface area contributed by atoms with E-state index < -0.39 is 16.1 Å². The predicted molar refractivity (Wildman–Crippen MR) is 81.8 cm³/mol. The molecule has 0 aromatic rings. The molecule has 3 amide bonds. The van der Waals surface area contributed by atoms with Gasteiger partial charge in [0.1, 0.15) is 0 Å². The lowest BCUT2D eigenvalue weighted by Crippen LogP contribution is -2.49. The quantitative estimate of drug-likeness (QED) is 0.696. The first kappa shape index (κ1) is 17.2. The summed E-state index contributed by atoms with van der Waals surface area (Å²) >= 11 is 0. The minimum Gasteiger partial charge on any atom is -0.335 e. The number of nitrogens with one attached hydrogen (secondary N) is 2. The number of carbonyl (C=O) groups is 2. The van der Waals surface area contributed by atoms with E-state index in [1.807, 2.05) is 4.90 Å². The summed E-state index contributed by atoms with van der Waals surface area (Å²) in [5.74, 6) is -0.326. The third-order valence-corrected chi connectivity index (χ3v) is 5.47. The highest BCUT2D eigenvalue weighted by Gasteiger charge is 2.28. The number of sulfonamides is 1. The number of nitrogens with zero attached hydrogens (tertiary/aromatic N) is 2. The maximum atomic E-state index is 11.8. The number of carbonyl (C=O) groups excluding carboxylic acids is 2. The SMILES string of the molecule is CN(C1CCN(CC(=O)NC(=O)NC2CC2)CC1)S(C)(=O)=O. The van der Waals surface area contributed by atoms with E-state index in [4.69, 9.17) is 0 Å². The Morgan fingerprint density at radius 1 is 1.18 bits per heavy atom. The van der Waals surface area contributed by atoms with Crippen LogP contribution in [0.3, 0.4) is 0 Å². The molecule has 1 saturated carbocycles. The fourth-order valence-electron chi connectivity index (χ4n) is 2.53. The maximum Gasteiger partial charge on any atom is 0.321 e. The summed E-state index contributed by atoms with van der Waals surface area (Å²) in [7, 11) is -1.59. The van der Waals surface area contributed by atoms with Crippen molar-refractivity contribution in [3.05, 3.63) is 0 Å². The van der Waals surface area contributed by atoms with Gasteiger partial charge in [-0.3, -0.25) is 15.0 Å². The van der Waals surface area contributed by atoms with Gasteiger partial charge in [-0.05, 0) is 25.7 Å². The van der Waals surface area contributed by atoms with Crippen molar-refractivity contribution in [1.29, 1.82) is 0 Å². The first-order valence-corrected chi connectivity index (χ1v) is 9.36. The number of likely N-dealkylation sites (tertiary alicyclic amines) is 1. The number of rotatable bonds is 5. The summed E-state index contributed by atoms with van der Waals surface area (Å²) in [5.41, 5.74) is 0. The Morgan fingerprint density at radius 3 is 2.27 bits per heavy atom. The fraction of sp³-hybridized carbons (Fsp3) is 0.846. The molecule has 9 heteroatoms. The largest absolute Gasteiger partial charge is 0.335 e. The second kappa shape index (κ2) is 6.93. The molecule has 0 atom stereocenters. The van der Waals surface area contributed by atoms with E-state index in [1.165, 1.54) is 10.6 Å². The fourth-order valence-corrected chi connectivity index (χ4v) is 3.28. The van der Waals surface area contributed by atoms with E-state index in [0.29, 0.717) is 25.9 Å². The molecule has 2 N–H and O–H groups in total. The van der Waals surface area contributed by atoms with Crippen LogP contribution in [-0.4, -0.2) is 74.6 Å². The zero-order chi connectivity index (χ0) is 16.3. The number of piperidine rings is 1. The molecule has 126 valence electrons. The number of imide groups is 1. The minimum atomic E-state index is -3.18. The molecule has 0 aromatic heterocycles. The average Bonchev–Trinajstić information content (AvgIpc) is 3.21. The Hall–Kier alpha value is -1.19. The highest BCUT2D eigenvalue weighted by molar-refractivity contribution is 7.88. The molecule has 1 aliphatic carbocycles. The predicted octanol–water partition coefficient (Wildman–Crippen LogP) is -0.670. The zero-order valence-corrected chi connectivity index (χ0v) is 13.9. The number of amides is 3. The van der Waals surface area contributed by atoms with Crippen LogP contribution in [0.15, 0.2) is 0 Å². The molecule has 1 aliphatic heterocycles. The molecular formula is C13H24N4O4S. The summed E-state index contributed by atoms with van der Waals surface area (Å²) in [6.45, 7) is 1.44. The molecule has 0 unspecified atom stereocenters. The van der Waals surface area contributed by atoms with E-state index >= 15 is 0 Å². The van der Waals surface area contributed by atoms with Gasteiger partial charge in [0.15, 0.2) is 0 Å². The third kappa shape index (κ3) is 5.22. The molecule has 2 aliphatic rings. The molecule has 0 spiro atoms. The van der Waals surface area contributed by atoms with Crippen molar-refractivity contribution in [2.45, 2.75) is 37.8 Å². The van der Waals surface area contributed by atoms with Gasteiger partial charge in [-0.2, -0.15) is 0 Å². The van der Waals surface area contributed by atoms with E-state index in [9.17, 15) is 18.0 Å². The number of urea groups is 1. The third-order valence-electron chi connectivity index (χ3n) is 4.13. The molecule has 1 saturated heterocycles. The van der Waals surface area contributed by atoms with Gasteiger partial charge in [0.05, 0.1) is 12.8 Å². The van der Waals surface area contributed by atoms with Gasteiger partial charge in [0.25, 0.3) is 0 Å². The van der Waals surface area contributed by atoms with Gasteiger partial charge in [0.2, 0.25) is 15.9 Å². The van der Waals surface area contributed by atoms with Crippen LogP contribution in [0.2, 0.25) is 0 Å². The topological polar surface area (TPSA) is 98.8 Å². The Morgan fingerprint density at radius 2 is 1.77 bits per heavy atom. The lowest BCUT2D eigenvalue weighted by molar-refractivity contribution is -0.121. The van der Waals surface area contributed by atoms with Crippen LogP contribution >= 0.6 is 0 Å².